The maximum atomic E-state index is 11.7. The summed E-state index contributed by atoms with van der Waals surface area (Å²) in [7, 11) is 0. The molecule has 3 rings (SSSR count). The minimum atomic E-state index is -1.07. The number of para-hydroxylation sites is 2. The number of thioether (sulfide) groups is 1. The third kappa shape index (κ3) is 4.31. The first kappa shape index (κ1) is 19.0. The Labute approximate surface area is 170 Å². The van der Waals surface area contributed by atoms with Crippen molar-refractivity contribution in [3.05, 3.63) is 55.8 Å². The molecule has 0 saturated heterocycles. The van der Waals surface area contributed by atoms with Crippen molar-refractivity contribution in [3.63, 3.8) is 0 Å². The number of benzene rings is 2. The summed E-state index contributed by atoms with van der Waals surface area (Å²) in [5, 5.41) is 9.88. The van der Waals surface area contributed by atoms with E-state index in [9.17, 15) is 9.90 Å². The number of rotatable bonds is 6. The standard InChI is InChI=1S/C18H13Br2NO4S/c1-2-24-16-10(7-11(19)9-12(16)20)8-15(17(22)23)26-18-21-13-5-3-4-6-14(13)25-18/h3-9H,2H2,1H3,(H,22,23)/b15-8-. The molecule has 0 unspecified atom stereocenters. The van der Waals surface area contributed by atoms with E-state index >= 15 is 0 Å². The number of nitrogens with zero attached hydrogens (tertiary/aromatic N) is 1. The van der Waals surface area contributed by atoms with Crippen LogP contribution in [0.5, 0.6) is 5.75 Å². The summed E-state index contributed by atoms with van der Waals surface area (Å²) in [6, 6.07) is 10.9. The van der Waals surface area contributed by atoms with E-state index in [2.05, 4.69) is 36.8 Å². The molecule has 8 heteroatoms. The summed E-state index contributed by atoms with van der Waals surface area (Å²) in [5.41, 5.74) is 1.92. The highest BCUT2D eigenvalue weighted by molar-refractivity contribution is 9.11. The second-order valence-electron chi connectivity index (χ2n) is 5.10. The Kier molecular flexibility index (Phi) is 6.05. The van der Waals surface area contributed by atoms with Crippen LogP contribution in [0.1, 0.15) is 12.5 Å². The topological polar surface area (TPSA) is 72.6 Å². The molecule has 0 bridgehead atoms. The van der Waals surface area contributed by atoms with Gasteiger partial charge in [0.05, 0.1) is 11.1 Å². The molecule has 5 nitrogen and oxygen atoms in total. The summed E-state index contributed by atoms with van der Waals surface area (Å²) in [6.07, 6.45) is 1.54. The van der Waals surface area contributed by atoms with Crippen molar-refractivity contribution < 1.29 is 19.1 Å². The zero-order valence-corrected chi connectivity index (χ0v) is 17.5. The number of carbonyl (C=O) groups is 1. The lowest BCUT2D eigenvalue weighted by atomic mass is 10.2. The van der Waals surface area contributed by atoms with Crippen molar-refractivity contribution in [3.8, 4) is 5.75 Å². The van der Waals surface area contributed by atoms with E-state index in [1.165, 1.54) is 0 Å². The van der Waals surface area contributed by atoms with E-state index in [1.807, 2.05) is 31.2 Å². The summed E-state index contributed by atoms with van der Waals surface area (Å²) < 4.78 is 12.8. The van der Waals surface area contributed by atoms with E-state index in [4.69, 9.17) is 9.15 Å². The molecule has 0 amide bonds. The first-order valence-electron chi connectivity index (χ1n) is 7.58. The van der Waals surface area contributed by atoms with Crippen LogP contribution in [0.3, 0.4) is 0 Å². The molecule has 134 valence electrons. The van der Waals surface area contributed by atoms with Crippen LogP contribution in [0, 0.1) is 0 Å². The van der Waals surface area contributed by atoms with Crippen molar-refractivity contribution in [1.29, 1.82) is 0 Å². The maximum Gasteiger partial charge on any atom is 0.342 e. The number of ether oxygens (including phenoxy) is 1. The summed E-state index contributed by atoms with van der Waals surface area (Å²) in [6.45, 7) is 2.33. The van der Waals surface area contributed by atoms with Crippen LogP contribution in [0.2, 0.25) is 0 Å². The molecular weight excluding hydrogens is 486 g/mol. The number of aromatic nitrogens is 1. The number of aliphatic carboxylic acids is 1. The number of carboxylic acid groups (broad SMARTS) is 1. The summed E-state index contributed by atoms with van der Waals surface area (Å²) >= 11 is 7.82. The van der Waals surface area contributed by atoms with E-state index in [0.29, 0.717) is 29.0 Å². The monoisotopic (exact) mass is 497 g/mol. The summed E-state index contributed by atoms with van der Waals surface area (Å²) in [4.78, 5) is 16.1. The molecule has 3 aromatic rings. The van der Waals surface area contributed by atoms with Gasteiger partial charge in [-0.3, -0.25) is 0 Å². The predicted octanol–water partition coefficient (Wildman–Crippen LogP) is 5.97. The minimum absolute atomic E-state index is 0.0718. The van der Waals surface area contributed by atoms with Gasteiger partial charge in [-0.25, -0.2) is 9.78 Å². The van der Waals surface area contributed by atoms with Crippen molar-refractivity contribution in [2.24, 2.45) is 0 Å². The number of oxazole rings is 1. The van der Waals surface area contributed by atoms with E-state index < -0.39 is 5.97 Å². The van der Waals surface area contributed by atoms with Gasteiger partial charge in [-0.1, -0.05) is 28.1 Å². The normalized spacial score (nSPS) is 11.7. The van der Waals surface area contributed by atoms with Gasteiger partial charge in [0.15, 0.2) is 5.58 Å². The van der Waals surface area contributed by atoms with Crippen molar-refractivity contribution in [1.82, 2.24) is 4.98 Å². The molecule has 1 aromatic heterocycles. The van der Waals surface area contributed by atoms with Crippen LogP contribution in [0.4, 0.5) is 0 Å². The molecule has 0 fully saturated rings. The minimum Gasteiger partial charge on any atom is -0.492 e. The average molecular weight is 499 g/mol. The van der Waals surface area contributed by atoms with Crippen molar-refractivity contribution >= 4 is 66.8 Å². The Hall–Kier alpha value is -1.77. The average Bonchev–Trinajstić information content (AvgIpc) is 2.99. The molecule has 1 N–H and O–H groups in total. The van der Waals surface area contributed by atoms with Gasteiger partial charge in [-0.15, -0.1) is 0 Å². The van der Waals surface area contributed by atoms with Gasteiger partial charge in [0.1, 0.15) is 16.2 Å². The lowest BCUT2D eigenvalue weighted by Gasteiger charge is -2.11. The first-order chi connectivity index (χ1) is 12.5. The Morgan fingerprint density at radius 1 is 1.35 bits per heavy atom. The van der Waals surface area contributed by atoms with E-state index in [1.54, 1.807) is 18.2 Å². The second kappa shape index (κ2) is 8.28. The molecule has 0 spiro atoms. The molecule has 0 saturated carbocycles. The maximum absolute atomic E-state index is 11.7. The molecule has 0 aliphatic heterocycles. The third-order valence-electron chi connectivity index (χ3n) is 3.29. The highest BCUT2D eigenvalue weighted by Crippen LogP contribution is 2.37. The lowest BCUT2D eigenvalue weighted by molar-refractivity contribution is -0.131. The molecule has 0 radical (unpaired) electrons. The van der Waals surface area contributed by atoms with Crippen LogP contribution >= 0.6 is 43.6 Å². The third-order valence-corrected chi connectivity index (χ3v) is 5.20. The van der Waals surface area contributed by atoms with Crippen LogP contribution in [0.15, 0.2) is 59.9 Å². The Bertz CT molecular complexity index is 967. The van der Waals surface area contributed by atoms with Gasteiger partial charge in [-0.05, 0) is 65.0 Å². The number of carboxylic acids is 1. The van der Waals surface area contributed by atoms with E-state index in [-0.39, 0.29) is 10.1 Å². The fourth-order valence-corrected chi connectivity index (χ4v) is 4.36. The molecule has 2 aromatic carbocycles. The highest BCUT2D eigenvalue weighted by Gasteiger charge is 2.17. The molecule has 1 heterocycles. The van der Waals surface area contributed by atoms with Crippen molar-refractivity contribution in [2.75, 3.05) is 6.61 Å². The zero-order chi connectivity index (χ0) is 18.7. The quantitative estimate of drug-likeness (QED) is 0.333. The number of hydrogen-bond donors (Lipinski definition) is 1. The number of halogens is 2. The van der Waals surface area contributed by atoms with Gasteiger partial charge >= 0.3 is 5.97 Å². The molecule has 26 heavy (non-hydrogen) atoms. The zero-order valence-electron chi connectivity index (χ0n) is 13.5. The fraction of sp³-hybridized carbons (Fsp3) is 0.111. The van der Waals surface area contributed by atoms with Crippen LogP contribution in [0.25, 0.3) is 17.2 Å². The second-order valence-corrected chi connectivity index (χ2v) is 7.87. The SMILES string of the molecule is CCOc1c(Br)cc(Br)cc1/C=C(\Sc1nc2ccccc2o1)C(=O)O. The molecule has 0 aliphatic rings. The first-order valence-corrected chi connectivity index (χ1v) is 9.98. The summed E-state index contributed by atoms with van der Waals surface area (Å²) in [5.74, 6) is -0.497. The molecule has 0 aliphatic carbocycles. The predicted molar refractivity (Wildman–Crippen MR) is 108 cm³/mol. The number of fused-ring (bicyclic) bond motifs is 1. The van der Waals surface area contributed by atoms with Gasteiger partial charge in [0.2, 0.25) is 0 Å². The van der Waals surface area contributed by atoms with Crippen LogP contribution in [-0.2, 0) is 4.79 Å². The molecule has 0 atom stereocenters. The van der Waals surface area contributed by atoms with Gasteiger partial charge in [0.25, 0.3) is 5.22 Å². The van der Waals surface area contributed by atoms with Gasteiger partial charge in [0, 0.05) is 10.0 Å². The van der Waals surface area contributed by atoms with Crippen molar-refractivity contribution in [2.45, 2.75) is 12.1 Å². The fourth-order valence-electron chi connectivity index (χ4n) is 2.25. The number of hydrogen-bond acceptors (Lipinski definition) is 5. The smallest absolute Gasteiger partial charge is 0.342 e. The Balaban J connectivity index is 2.01. The largest absolute Gasteiger partial charge is 0.492 e. The van der Waals surface area contributed by atoms with Crippen LogP contribution in [-0.4, -0.2) is 22.7 Å². The Morgan fingerprint density at radius 2 is 2.12 bits per heavy atom. The molecular formula is C18H13Br2NO4S. The van der Waals surface area contributed by atoms with E-state index in [0.717, 1.165) is 20.7 Å². The van der Waals surface area contributed by atoms with Gasteiger partial charge < -0.3 is 14.3 Å². The Morgan fingerprint density at radius 3 is 2.81 bits per heavy atom. The van der Waals surface area contributed by atoms with Crippen LogP contribution < -0.4 is 4.74 Å². The highest BCUT2D eigenvalue weighted by atomic mass is 79.9. The lowest BCUT2D eigenvalue weighted by Crippen LogP contribution is -1.99. The van der Waals surface area contributed by atoms with Gasteiger partial charge in [-0.2, -0.15) is 0 Å².